The van der Waals surface area contributed by atoms with Gasteiger partial charge < -0.3 is 15.0 Å². The summed E-state index contributed by atoms with van der Waals surface area (Å²) in [5.41, 5.74) is 0. The van der Waals surface area contributed by atoms with E-state index in [1.54, 1.807) is 0 Å². The van der Waals surface area contributed by atoms with E-state index >= 15 is 0 Å². The maximum absolute atomic E-state index is 8.33. The van der Waals surface area contributed by atoms with E-state index in [4.69, 9.17) is 15.0 Å². The first-order chi connectivity index (χ1) is 1.73. The van der Waals surface area contributed by atoms with E-state index in [0.717, 1.165) is 0 Å². The molecule has 0 saturated carbocycles. The van der Waals surface area contributed by atoms with E-state index in [2.05, 4.69) is 0 Å². The van der Waals surface area contributed by atoms with Crippen molar-refractivity contribution in [3.05, 3.63) is 0 Å². The van der Waals surface area contributed by atoms with Gasteiger partial charge in [-0.05, 0) is 6.16 Å². The number of carbonyl (C=O) groups is 1. The fourth-order valence-electron chi connectivity index (χ4n) is 0. The number of hydrogen-bond donors (Lipinski definition) is 0. The number of hydrogen-bond acceptors (Lipinski definition) is 3. The summed E-state index contributed by atoms with van der Waals surface area (Å²) in [5, 5.41) is 16.7. The van der Waals surface area contributed by atoms with E-state index in [1.165, 1.54) is 0 Å². The van der Waals surface area contributed by atoms with Crippen LogP contribution in [0.5, 0.6) is 0 Å². The van der Waals surface area contributed by atoms with Gasteiger partial charge in [0.25, 0.3) is 0 Å². The first-order valence-corrected chi connectivity index (χ1v) is 0.612. The van der Waals surface area contributed by atoms with Crippen molar-refractivity contribution in [2.24, 2.45) is 0 Å². The van der Waals surface area contributed by atoms with Gasteiger partial charge in [-0.2, -0.15) is 0 Å². The van der Waals surface area contributed by atoms with Gasteiger partial charge in [-0.15, -0.1) is 0 Å². The Bertz CT molecular complexity index is 33.8. The first-order valence-electron chi connectivity index (χ1n) is 0.612. The quantitative estimate of drug-likeness (QED) is 0.290. The van der Waals surface area contributed by atoms with Crippen LogP contribution in [-0.4, -0.2) is 43.9 Å². The van der Waals surface area contributed by atoms with Gasteiger partial charge in [-0.25, -0.2) is 0 Å². The third-order valence-corrected chi connectivity index (χ3v) is 0. The molecule has 0 aromatic carbocycles. The van der Waals surface area contributed by atoms with Crippen molar-refractivity contribution in [2.75, 3.05) is 0 Å². The topological polar surface area (TPSA) is 63.2 Å². The second-order valence-corrected chi connectivity index (χ2v) is 0.250. The molecule has 0 fully saturated rings. The van der Waals surface area contributed by atoms with Crippen molar-refractivity contribution in [1.29, 1.82) is 0 Å². The third-order valence-electron chi connectivity index (χ3n) is 0. The zero-order valence-corrected chi connectivity index (χ0v) is 5.64. The summed E-state index contributed by atoms with van der Waals surface area (Å²) in [4.78, 5) is 8.33. The molecule has 0 aromatic heterocycles. The molecule has 0 rings (SSSR count). The zero-order chi connectivity index (χ0) is 3.58. The van der Waals surface area contributed by atoms with Gasteiger partial charge in [0.1, 0.15) is 0 Å². The monoisotopic (exact) mass is 107 g/mol. The number of carbonyl (C=O) groups excluding carboxylic acids is 1. The molecule has 0 N–H and O–H groups in total. The van der Waals surface area contributed by atoms with Crippen molar-refractivity contribution in [1.82, 2.24) is 0 Å². The third kappa shape index (κ3) is 68.7. The van der Waals surface area contributed by atoms with Gasteiger partial charge in [0.2, 0.25) is 0 Å². The minimum atomic E-state index is -2.33. The molecule has 0 unspecified atom stereocenters. The van der Waals surface area contributed by atoms with Gasteiger partial charge in [-0.1, -0.05) is 0 Å². The van der Waals surface area contributed by atoms with E-state index in [-0.39, 0.29) is 56.6 Å². The van der Waals surface area contributed by atoms with Crippen LogP contribution in [0.15, 0.2) is 0 Å². The summed E-state index contributed by atoms with van der Waals surface area (Å²) in [6.07, 6.45) is -2.33. The van der Waals surface area contributed by atoms with Crippen LogP contribution in [-0.2, 0) is 0 Å². The number of rotatable bonds is 0. The van der Waals surface area contributed by atoms with Crippen molar-refractivity contribution >= 4 is 43.9 Å². The maximum Gasteiger partial charge on any atom is 2.00 e. The standard InChI is InChI=1S/CH2O3.Ca.Li/c2-1(3)4;;/h(H2,2,3,4);;/q;+2;+1/p-2. The predicted octanol–water partition coefficient (Wildman–Crippen LogP) is -5.82. The molecule has 0 atom stereocenters. The van der Waals surface area contributed by atoms with Crippen LogP contribution in [0, 0.1) is 0 Å². The molecule has 0 saturated heterocycles. The Balaban J connectivity index is -0.0000000450. The van der Waals surface area contributed by atoms with Crippen LogP contribution in [0.25, 0.3) is 0 Å². The molecule has 0 aliphatic carbocycles. The zero-order valence-electron chi connectivity index (χ0n) is 3.43. The van der Waals surface area contributed by atoms with Crippen molar-refractivity contribution in [2.45, 2.75) is 0 Å². The van der Waals surface area contributed by atoms with Crippen LogP contribution >= 0.6 is 0 Å². The molecular formula is CCaLiO3+. The molecular weight excluding hydrogens is 107 g/mol. The second kappa shape index (κ2) is 9.46. The van der Waals surface area contributed by atoms with Crippen LogP contribution in [0.4, 0.5) is 4.79 Å². The Kier molecular flexibility index (Phi) is 24.8. The van der Waals surface area contributed by atoms with Crippen molar-refractivity contribution < 1.29 is 33.9 Å². The molecule has 0 radical (unpaired) electrons. The number of carboxylic acid groups (broad SMARTS) is 2. The van der Waals surface area contributed by atoms with Gasteiger partial charge >= 0.3 is 56.6 Å². The Labute approximate surface area is 76.9 Å². The van der Waals surface area contributed by atoms with Crippen LogP contribution in [0.2, 0.25) is 0 Å². The van der Waals surface area contributed by atoms with E-state index in [0.29, 0.717) is 0 Å². The Morgan fingerprint density at radius 3 is 1.33 bits per heavy atom. The molecule has 6 heavy (non-hydrogen) atoms. The summed E-state index contributed by atoms with van der Waals surface area (Å²) in [5.74, 6) is 0. The molecule has 0 bridgehead atoms. The molecule has 0 aliphatic rings. The average molecular weight is 107 g/mol. The molecule has 0 aromatic rings. The van der Waals surface area contributed by atoms with Crippen LogP contribution in [0.1, 0.15) is 0 Å². The van der Waals surface area contributed by atoms with Gasteiger partial charge in [0.05, 0.1) is 0 Å². The Morgan fingerprint density at radius 1 is 1.33 bits per heavy atom. The summed E-state index contributed by atoms with van der Waals surface area (Å²) in [6, 6.07) is 0. The second-order valence-electron chi connectivity index (χ2n) is 0.250. The SMILES string of the molecule is O=C([O-])[O-].[Ca+2].[Li+]. The van der Waals surface area contributed by atoms with E-state index < -0.39 is 6.16 Å². The molecule has 0 heterocycles. The first kappa shape index (κ1) is 15.7. The summed E-state index contributed by atoms with van der Waals surface area (Å²) in [7, 11) is 0. The fourth-order valence-corrected chi connectivity index (χ4v) is 0. The largest absolute Gasteiger partial charge is 2.00 e. The van der Waals surface area contributed by atoms with Crippen LogP contribution in [0.3, 0.4) is 0 Å². The molecule has 0 aliphatic heterocycles. The van der Waals surface area contributed by atoms with E-state index in [1.807, 2.05) is 0 Å². The fraction of sp³-hybridized carbons (Fsp3) is 0. The van der Waals surface area contributed by atoms with Crippen LogP contribution < -0.4 is 29.1 Å². The minimum Gasteiger partial charge on any atom is -0.652 e. The van der Waals surface area contributed by atoms with E-state index in [9.17, 15) is 0 Å². The van der Waals surface area contributed by atoms with Gasteiger partial charge in [0, 0.05) is 0 Å². The Hall–Kier alpha value is 1.13. The van der Waals surface area contributed by atoms with Gasteiger partial charge in [0.15, 0.2) is 0 Å². The molecule has 24 valence electrons. The van der Waals surface area contributed by atoms with Gasteiger partial charge in [-0.3, -0.25) is 0 Å². The molecule has 0 spiro atoms. The van der Waals surface area contributed by atoms with Crippen molar-refractivity contribution in [3.63, 3.8) is 0 Å². The predicted molar refractivity (Wildman–Crippen MR) is 11.1 cm³/mol. The summed E-state index contributed by atoms with van der Waals surface area (Å²) >= 11 is 0. The molecule has 3 nitrogen and oxygen atoms in total. The average Bonchev–Trinajstić information content (AvgIpc) is 0.811. The minimum absolute atomic E-state index is 0. The maximum atomic E-state index is 8.33. The smallest absolute Gasteiger partial charge is 0.652 e. The summed E-state index contributed by atoms with van der Waals surface area (Å²) < 4.78 is 0. The Morgan fingerprint density at radius 2 is 1.33 bits per heavy atom. The molecule has 0 amide bonds. The normalized spacial score (nSPS) is 4.00. The molecule has 5 heteroatoms. The van der Waals surface area contributed by atoms with Crippen molar-refractivity contribution in [3.8, 4) is 0 Å². The summed E-state index contributed by atoms with van der Waals surface area (Å²) in [6.45, 7) is 0.